The lowest BCUT2D eigenvalue weighted by Gasteiger charge is -2.37. The molecule has 1 rings (SSSR count). The highest BCUT2D eigenvalue weighted by molar-refractivity contribution is 7.82. The summed E-state index contributed by atoms with van der Waals surface area (Å²) in [6, 6.07) is 5.15. The summed E-state index contributed by atoms with van der Waals surface area (Å²) in [5, 5.41) is 2.33. The molecule has 1 aromatic carbocycles. The topological polar surface area (TPSA) is 41.6 Å². The molecule has 0 fully saturated rings. The molecule has 4 nitrogen and oxygen atoms in total. The number of anilines is 1. The fourth-order valence-corrected chi connectivity index (χ4v) is 1.83. The Balaban J connectivity index is 2.86. The molecule has 0 aliphatic carbocycles. The normalized spacial score (nSPS) is 14.2. The number of hydrogen-bond acceptors (Lipinski definition) is 3. The second kappa shape index (κ2) is 6.65. The van der Waals surface area contributed by atoms with Crippen molar-refractivity contribution in [1.82, 2.24) is 4.90 Å². The fourth-order valence-electron chi connectivity index (χ4n) is 1.41. The Morgan fingerprint density at radius 3 is 2.29 bits per heavy atom. The number of urea groups is 1. The molecule has 0 aromatic heterocycles. The number of amides is 2. The molecule has 0 saturated heterocycles. The predicted octanol–water partition coefficient (Wildman–Crippen LogP) is 3.59. The fraction of sp³-hybridized carbons (Fsp3) is 0.417. The van der Waals surface area contributed by atoms with Crippen molar-refractivity contribution in [2.75, 3.05) is 25.4 Å². The van der Waals surface area contributed by atoms with Crippen molar-refractivity contribution < 1.29 is 22.7 Å². The molecular weight excluding hydrogens is 329 g/mol. The van der Waals surface area contributed by atoms with Gasteiger partial charge in [-0.1, -0.05) is 0 Å². The second-order valence-electron chi connectivity index (χ2n) is 4.17. The second-order valence-corrected chi connectivity index (χ2v) is 5.17. The average Bonchev–Trinajstić information content (AvgIpc) is 2.45. The molecule has 1 atom stereocenters. The Labute approximate surface area is 130 Å². The number of ether oxygens (including phenoxy) is 1. The predicted molar refractivity (Wildman–Crippen MR) is 78.3 cm³/mol. The lowest BCUT2D eigenvalue weighted by atomic mass is 10.2. The van der Waals surface area contributed by atoms with E-state index in [1.807, 2.05) is 0 Å². The van der Waals surface area contributed by atoms with E-state index < -0.39 is 23.0 Å². The van der Waals surface area contributed by atoms with Crippen molar-refractivity contribution in [2.24, 2.45) is 0 Å². The Hall–Kier alpha value is -1.28. The Kier molecular flexibility index (Phi) is 5.63. The van der Waals surface area contributed by atoms with Gasteiger partial charge in [-0.15, -0.1) is 24.2 Å². The van der Waals surface area contributed by atoms with Gasteiger partial charge in [-0.05, 0) is 24.3 Å². The summed E-state index contributed by atoms with van der Waals surface area (Å²) in [6.07, 6.45) is -4.77. The monoisotopic (exact) mass is 342 g/mol. The molecule has 0 bridgehead atoms. The van der Waals surface area contributed by atoms with Crippen LogP contribution in [0.15, 0.2) is 24.3 Å². The van der Waals surface area contributed by atoms with E-state index in [0.29, 0.717) is 16.3 Å². The lowest BCUT2D eigenvalue weighted by Crippen LogP contribution is -2.57. The molecule has 21 heavy (non-hydrogen) atoms. The molecule has 1 N–H and O–H groups in total. The third kappa shape index (κ3) is 3.88. The van der Waals surface area contributed by atoms with E-state index in [0.717, 1.165) is 7.05 Å². The van der Waals surface area contributed by atoms with E-state index in [1.165, 1.54) is 19.2 Å². The van der Waals surface area contributed by atoms with Crippen LogP contribution in [-0.2, 0) is 0 Å². The van der Waals surface area contributed by atoms with Crippen molar-refractivity contribution >= 4 is 35.9 Å². The van der Waals surface area contributed by atoms with Crippen LogP contribution in [-0.4, -0.2) is 42.0 Å². The van der Waals surface area contributed by atoms with Gasteiger partial charge >= 0.3 is 12.2 Å². The first-order chi connectivity index (χ1) is 9.65. The molecule has 1 unspecified atom stereocenters. The summed E-state index contributed by atoms with van der Waals surface area (Å²) in [4.78, 5) is 9.55. The Bertz CT molecular complexity index is 498. The van der Waals surface area contributed by atoms with Gasteiger partial charge in [0.1, 0.15) is 5.75 Å². The summed E-state index contributed by atoms with van der Waals surface area (Å²) in [5.41, 5.74) is 0.320. The molecule has 2 amide bonds. The van der Waals surface area contributed by atoms with E-state index in [2.05, 4.69) is 17.9 Å². The van der Waals surface area contributed by atoms with Gasteiger partial charge in [0.25, 0.3) is 0 Å². The van der Waals surface area contributed by atoms with Gasteiger partial charge in [0, 0.05) is 12.7 Å². The number of carbonyl (C=O) groups excluding carboxylic acids is 1. The quantitative estimate of drug-likeness (QED) is 0.499. The van der Waals surface area contributed by atoms with Crippen LogP contribution in [0.1, 0.15) is 0 Å². The number of nitrogens with zero attached hydrogens (tertiary/aromatic N) is 1. The zero-order chi connectivity index (χ0) is 16.3. The summed E-state index contributed by atoms with van der Waals surface area (Å²) in [5.74, 6) is -0.340. The van der Waals surface area contributed by atoms with E-state index in [1.54, 1.807) is 12.1 Å². The number of methoxy groups -OCH3 is 1. The summed E-state index contributed by atoms with van der Waals surface area (Å²) in [7, 11) is 2.45. The van der Waals surface area contributed by atoms with Gasteiger partial charge in [-0.3, -0.25) is 0 Å². The molecule has 0 spiro atoms. The maximum absolute atomic E-state index is 13.0. The van der Waals surface area contributed by atoms with E-state index in [9.17, 15) is 18.0 Å². The van der Waals surface area contributed by atoms with Crippen LogP contribution in [0.3, 0.4) is 0 Å². The molecule has 1 aromatic rings. The van der Waals surface area contributed by atoms with Crippen LogP contribution in [0.5, 0.6) is 5.75 Å². The molecule has 0 radical (unpaired) electrons. The first-order valence-electron chi connectivity index (χ1n) is 5.69. The first kappa shape index (κ1) is 17.8. The number of alkyl halides is 4. The van der Waals surface area contributed by atoms with Crippen molar-refractivity contribution in [3.05, 3.63) is 24.3 Å². The van der Waals surface area contributed by atoms with Crippen molar-refractivity contribution in [3.63, 3.8) is 0 Å². The van der Waals surface area contributed by atoms with Crippen LogP contribution in [0.4, 0.5) is 23.7 Å². The molecule has 0 aliphatic rings. The molecule has 0 saturated carbocycles. The lowest BCUT2D eigenvalue weighted by molar-refractivity contribution is -0.178. The number of hydrogen-bond donors (Lipinski definition) is 2. The van der Waals surface area contributed by atoms with Crippen molar-refractivity contribution in [3.8, 4) is 5.75 Å². The number of thiol groups is 1. The summed E-state index contributed by atoms with van der Waals surface area (Å²) in [6.45, 7) is 0. The van der Waals surface area contributed by atoms with Gasteiger partial charge in [0.15, 0.2) is 4.87 Å². The number of carbonyl (C=O) groups is 1. The minimum absolute atomic E-state index is 0.320. The summed E-state index contributed by atoms with van der Waals surface area (Å²) < 4.78 is 43.8. The van der Waals surface area contributed by atoms with Gasteiger partial charge in [0.2, 0.25) is 0 Å². The standard InChI is InChI=1S/C12H14ClF3N2O2S/c1-18(11(21,7-13)12(14,15)16)10(19)17-8-3-5-9(20-2)6-4-8/h3-6,21H,7H2,1-2H3,(H,17,19). The minimum Gasteiger partial charge on any atom is -0.497 e. The molecule has 118 valence electrons. The van der Waals surface area contributed by atoms with Gasteiger partial charge in [-0.25, -0.2) is 4.79 Å². The van der Waals surface area contributed by atoms with Gasteiger partial charge < -0.3 is 15.0 Å². The molecule has 0 heterocycles. The number of rotatable bonds is 4. The highest BCUT2D eigenvalue weighted by Gasteiger charge is 2.56. The average molecular weight is 343 g/mol. The zero-order valence-corrected chi connectivity index (χ0v) is 12.9. The molecular formula is C12H14ClF3N2O2S. The maximum Gasteiger partial charge on any atom is 0.422 e. The van der Waals surface area contributed by atoms with Gasteiger partial charge in [-0.2, -0.15) is 13.2 Å². The van der Waals surface area contributed by atoms with Crippen LogP contribution >= 0.6 is 24.2 Å². The minimum atomic E-state index is -4.77. The number of nitrogens with one attached hydrogen (secondary N) is 1. The summed E-state index contributed by atoms with van der Waals surface area (Å²) >= 11 is 8.86. The Morgan fingerprint density at radius 2 is 1.90 bits per heavy atom. The number of benzene rings is 1. The van der Waals surface area contributed by atoms with E-state index in [-0.39, 0.29) is 0 Å². The number of halogens is 4. The Morgan fingerprint density at radius 1 is 1.38 bits per heavy atom. The van der Waals surface area contributed by atoms with Crippen LogP contribution < -0.4 is 10.1 Å². The van der Waals surface area contributed by atoms with E-state index >= 15 is 0 Å². The van der Waals surface area contributed by atoms with Crippen molar-refractivity contribution in [1.29, 1.82) is 0 Å². The van der Waals surface area contributed by atoms with Crippen LogP contribution in [0, 0.1) is 0 Å². The third-order valence-corrected chi connectivity index (χ3v) is 4.13. The SMILES string of the molecule is COc1ccc(NC(=O)N(C)C(S)(CCl)C(F)(F)F)cc1. The first-order valence-corrected chi connectivity index (χ1v) is 6.68. The highest BCUT2D eigenvalue weighted by atomic mass is 35.5. The van der Waals surface area contributed by atoms with Crippen LogP contribution in [0.2, 0.25) is 0 Å². The maximum atomic E-state index is 13.0. The zero-order valence-electron chi connectivity index (χ0n) is 11.2. The third-order valence-electron chi connectivity index (χ3n) is 2.84. The van der Waals surface area contributed by atoms with Crippen molar-refractivity contribution in [2.45, 2.75) is 11.0 Å². The van der Waals surface area contributed by atoms with Crippen LogP contribution in [0.25, 0.3) is 0 Å². The van der Waals surface area contributed by atoms with E-state index in [4.69, 9.17) is 16.3 Å². The smallest absolute Gasteiger partial charge is 0.422 e. The van der Waals surface area contributed by atoms with Gasteiger partial charge in [0.05, 0.1) is 13.0 Å². The largest absolute Gasteiger partial charge is 0.497 e. The molecule has 9 heteroatoms. The highest BCUT2D eigenvalue weighted by Crippen LogP contribution is 2.39. The molecule has 0 aliphatic heterocycles.